The first-order valence-corrected chi connectivity index (χ1v) is 13.2. The lowest BCUT2D eigenvalue weighted by Gasteiger charge is -2.34. The van der Waals surface area contributed by atoms with Gasteiger partial charge in [0.05, 0.1) is 29.5 Å². The van der Waals surface area contributed by atoms with Crippen LogP contribution in [0.4, 0.5) is 8.78 Å². The van der Waals surface area contributed by atoms with Crippen LogP contribution < -0.4 is 0 Å². The number of aryl methyl sites for hydroxylation is 2. The molecule has 0 N–H and O–H groups in total. The van der Waals surface area contributed by atoms with E-state index < -0.39 is 6.04 Å². The van der Waals surface area contributed by atoms with E-state index in [2.05, 4.69) is 6.07 Å². The van der Waals surface area contributed by atoms with Gasteiger partial charge in [-0.3, -0.25) is 4.79 Å². The highest BCUT2D eigenvalue weighted by molar-refractivity contribution is 5.96. The summed E-state index contributed by atoms with van der Waals surface area (Å²) < 4.78 is 35.6. The number of rotatable bonds is 5. The van der Waals surface area contributed by atoms with Gasteiger partial charge < -0.3 is 14.2 Å². The van der Waals surface area contributed by atoms with Crippen LogP contribution in [0.5, 0.6) is 0 Å². The summed E-state index contributed by atoms with van der Waals surface area (Å²) in [4.78, 5) is 19.8. The first kappa shape index (κ1) is 27.2. The van der Waals surface area contributed by atoms with Crippen LogP contribution in [-0.2, 0) is 9.53 Å². The molecule has 3 heterocycles. The number of nitrogens with zero attached hydrogens (tertiary/aromatic N) is 4. The second-order valence-corrected chi connectivity index (χ2v) is 10.4. The molecule has 1 saturated heterocycles. The van der Waals surface area contributed by atoms with Gasteiger partial charge in [-0.2, -0.15) is 5.26 Å². The SMILES string of the molecule is Cc1cc(C)c2c(C#N)c(C=CC(=O)N3CC(C)OC(C)C3)n(C(c3ccc(F)cc3)c3ccc(F)cc3)c2n1. The molecule has 40 heavy (non-hydrogen) atoms. The number of fused-ring (bicyclic) bond motifs is 1. The van der Waals surface area contributed by atoms with Crippen LogP contribution in [0, 0.1) is 36.8 Å². The Balaban J connectivity index is 1.75. The summed E-state index contributed by atoms with van der Waals surface area (Å²) in [7, 11) is 0. The summed E-state index contributed by atoms with van der Waals surface area (Å²) >= 11 is 0. The molecule has 0 aliphatic carbocycles. The third-order valence-corrected chi connectivity index (χ3v) is 7.18. The molecule has 1 aliphatic rings. The van der Waals surface area contributed by atoms with Crippen molar-refractivity contribution in [2.45, 2.75) is 45.9 Å². The zero-order chi connectivity index (χ0) is 28.6. The largest absolute Gasteiger partial charge is 0.372 e. The lowest BCUT2D eigenvalue weighted by atomic mass is 9.97. The number of hydrogen-bond donors (Lipinski definition) is 0. The first-order chi connectivity index (χ1) is 19.2. The fourth-order valence-corrected chi connectivity index (χ4v) is 5.60. The summed E-state index contributed by atoms with van der Waals surface area (Å²) in [5.41, 5.74) is 4.47. The molecule has 0 spiro atoms. The predicted octanol–water partition coefficient (Wildman–Crippen LogP) is 6.09. The molecule has 4 aromatic rings. The van der Waals surface area contributed by atoms with Crippen molar-refractivity contribution in [3.63, 3.8) is 0 Å². The van der Waals surface area contributed by atoms with E-state index in [0.717, 1.165) is 11.3 Å². The van der Waals surface area contributed by atoms with E-state index in [1.165, 1.54) is 30.3 Å². The van der Waals surface area contributed by atoms with Crippen LogP contribution >= 0.6 is 0 Å². The van der Waals surface area contributed by atoms with E-state index in [1.54, 1.807) is 35.2 Å². The highest BCUT2D eigenvalue weighted by atomic mass is 19.1. The van der Waals surface area contributed by atoms with E-state index >= 15 is 0 Å². The van der Waals surface area contributed by atoms with Gasteiger partial charge in [0.2, 0.25) is 5.91 Å². The molecule has 8 heteroatoms. The maximum Gasteiger partial charge on any atom is 0.246 e. The smallest absolute Gasteiger partial charge is 0.246 e. The normalized spacial score (nSPS) is 17.6. The van der Waals surface area contributed by atoms with Gasteiger partial charge >= 0.3 is 0 Å². The Morgan fingerprint density at radius 2 is 1.57 bits per heavy atom. The Morgan fingerprint density at radius 3 is 2.10 bits per heavy atom. The molecule has 5 rings (SSSR count). The molecule has 0 radical (unpaired) electrons. The number of nitriles is 1. The van der Waals surface area contributed by atoms with Crippen LogP contribution in [0.3, 0.4) is 0 Å². The monoisotopic (exact) mass is 540 g/mol. The number of carbonyl (C=O) groups excluding carboxylic acids is 1. The third-order valence-electron chi connectivity index (χ3n) is 7.18. The molecule has 204 valence electrons. The molecule has 1 amide bonds. The van der Waals surface area contributed by atoms with E-state index in [-0.39, 0.29) is 29.7 Å². The van der Waals surface area contributed by atoms with Crippen LogP contribution in [0.2, 0.25) is 0 Å². The second-order valence-electron chi connectivity index (χ2n) is 10.4. The maximum atomic E-state index is 14.0. The molecule has 1 fully saturated rings. The quantitative estimate of drug-likeness (QED) is 0.287. The predicted molar refractivity (Wildman–Crippen MR) is 150 cm³/mol. The average molecular weight is 541 g/mol. The number of carbonyl (C=O) groups is 1. The van der Waals surface area contributed by atoms with Crippen LogP contribution in [0.15, 0.2) is 60.7 Å². The van der Waals surface area contributed by atoms with Gasteiger partial charge in [0.1, 0.15) is 23.4 Å². The number of ether oxygens (including phenoxy) is 1. The lowest BCUT2D eigenvalue weighted by Crippen LogP contribution is -2.47. The number of amides is 1. The van der Waals surface area contributed by atoms with Crippen molar-refractivity contribution in [3.8, 4) is 6.07 Å². The van der Waals surface area contributed by atoms with Crippen molar-refractivity contribution >= 4 is 23.0 Å². The van der Waals surface area contributed by atoms with Gasteiger partial charge in [-0.25, -0.2) is 13.8 Å². The van der Waals surface area contributed by atoms with E-state index in [0.29, 0.717) is 46.5 Å². The molecule has 2 aromatic heterocycles. The maximum absolute atomic E-state index is 14.0. The van der Waals surface area contributed by atoms with E-state index in [1.807, 2.05) is 38.3 Å². The van der Waals surface area contributed by atoms with Crippen LogP contribution in [0.1, 0.15) is 53.5 Å². The molecule has 2 unspecified atom stereocenters. The number of morpholine rings is 1. The molecular weight excluding hydrogens is 510 g/mol. The van der Waals surface area contributed by atoms with Crippen molar-refractivity contribution in [2.24, 2.45) is 0 Å². The van der Waals surface area contributed by atoms with Crippen LogP contribution in [0.25, 0.3) is 17.1 Å². The third kappa shape index (κ3) is 5.25. The van der Waals surface area contributed by atoms with Gasteiger partial charge in [-0.1, -0.05) is 24.3 Å². The summed E-state index contributed by atoms with van der Waals surface area (Å²) in [6.07, 6.45) is 2.96. The second kappa shape index (κ2) is 11.0. The van der Waals surface area contributed by atoms with Crippen molar-refractivity contribution in [3.05, 3.63) is 106 Å². The molecular formula is C32H30F2N4O2. The number of halogens is 2. The Morgan fingerprint density at radius 1 is 1.02 bits per heavy atom. The Labute approximate surface area is 232 Å². The lowest BCUT2D eigenvalue weighted by molar-refractivity contribution is -0.137. The van der Waals surface area contributed by atoms with E-state index in [4.69, 9.17) is 9.72 Å². The molecule has 0 saturated carbocycles. The fourth-order valence-electron chi connectivity index (χ4n) is 5.60. The Kier molecular flexibility index (Phi) is 7.51. The summed E-state index contributed by atoms with van der Waals surface area (Å²) in [6, 6.07) is 15.8. The minimum absolute atomic E-state index is 0.0848. The van der Waals surface area contributed by atoms with Gasteiger partial charge in [0.15, 0.2) is 0 Å². The first-order valence-electron chi connectivity index (χ1n) is 13.2. The number of hydrogen-bond acceptors (Lipinski definition) is 4. The molecule has 2 atom stereocenters. The molecule has 0 bridgehead atoms. The molecule has 6 nitrogen and oxygen atoms in total. The van der Waals surface area contributed by atoms with E-state index in [9.17, 15) is 18.8 Å². The summed E-state index contributed by atoms with van der Waals surface area (Å²) in [5, 5.41) is 11.0. The standard InChI is InChI=1S/C32H30F2N4O2/c1-19-15-20(2)36-32-30(19)27(16-35)28(13-14-29(39)37-17-21(3)40-22(4)18-37)38(32)31(23-5-9-25(33)10-6-23)24-7-11-26(34)12-8-24/h5-15,21-22,31H,17-18H2,1-4H3. The fraction of sp³-hybridized carbons (Fsp3) is 0.281. The molecule has 2 aromatic carbocycles. The minimum atomic E-state index is -0.585. The van der Waals surface area contributed by atoms with Crippen LogP contribution in [-0.4, -0.2) is 45.7 Å². The zero-order valence-electron chi connectivity index (χ0n) is 22.9. The van der Waals surface area contributed by atoms with Crippen molar-refractivity contribution < 1.29 is 18.3 Å². The average Bonchev–Trinajstić information content (AvgIpc) is 3.22. The summed E-state index contributed by atoms with van der Waals surface area (Å²) in [5.74, 6) is -0.967. The summed E-state index contributed by atoms with van der Waals surface area (Å²) in [6.45, 7) is 8.59. The highest BCUT2D eigenvalue weighted by Crippen LogP contribution is 2.37. The topological polar surface area (TPSA) is 71.2 Å². The number of aromatic nitrogens is 2. The number of benzene rings is 2. The minimum Gasteiger partial charge on any atom is -0.372 e. The Hall–Kier alpha value is -4.35. The van der Waals surface area contributed by atoms with Gasteiger partial charge in [-0.05, 0) is 80.8 Å². The van der Waals surface area contributed by atoms with Gasteiger partial charge in [0, 0.05) is 30.2 Å². The van der Waals surface area contributed by atoms with Crippen molar-refractivity contribution in [2.75, 3.05) is 13.1 Å². The Bertz CT molecular complexity index is 1580. The van der Waals surface area contributed by atoms with Gasteiger partial charge in [-0.15, -0.1) is 0 Å². The zero-order valence-corrected chi connectivity index (χ0v) is 22.9. The van der Waals surface area contributed by atoms with Crippen molar-refractivity contribution in [1.82, 2.24) is 14.5 Å². The highest BCUT2D eigenvalue weighted by Gasteiger charge is 2.28. The van der Waals surface area contributed by atoms with Crippen molar-refractivity contribution in [1.29, 1.82) is 5.26 Å². The number of pyridine rings is 1. The molecule has 1 aliphatic heterocycles. The van der Waals surface area contributed by atoms with Gasteiger partial charge in [0.25, 0.3) is 0 Å².